The van der Waals surface area contributed by atoms with Crippen molar-refractivity contribution in [2.75, 3.05) is 9.80 Å². The van der Waals surface area contributed by atoms with Gasteiger partial charge in [0.25, 0.3) is 0 Å². The van der Waals surface area contributed by atoms with Gasteiger partial charge in [-0.05, 0) is 120 Å². The minimum atomic E-state index is 1.10. The number of fused-ring (bicyclic) bond motifs is 6. The minimum Gasteiger partial charge on any atom is -0.310 e. The molecule has 66 heavy (non-hydrogen) atoms. The van der Waals surface area contributed by atoms with Crippen LogP contribution in [0.1, 0.15) is 11.1 Å². The molecule has 4 heteroatoms. The molecule has 0 N–H and O–H groups in total. The highest BCUT2D eigenvalue weighted by molar-refractivity contribution is 6.12. The van der Waals surface area contributed by atoms with Crippen LogP contribution in [-0.4, -0.2) is 9.13 Å². The van der Waals surface area contributed by atoms with Gasteiger partial charge in [0, 0.05) is 67.0 Å². The third-order valence-electron chi connectivity index (χ3n) is 12.6. The number of rotatable bonds is 10. The minimum absolute atomic E-state index is 1.10. The van der Waals surface area contributed by atoms with Crippen molar-refractivity contribution >= 4 is 89.9 Å². The molecule has 12 aromatic rings. The molecule has 0 unspecified atom stereocenters. The smallest absolute Gasteiger partial charge is 0.0561 e. The first kappa shape index (κ1) is 38.8. The van der Waals surface area contributed by atoms with Crippen LogP contribution in [0.2, 0.25) is 0 Å². The van der Waals surface area contributed by atoms with E-state index in [9.17, 15) is 0 Å². The van der Waals surface area contributed by atoms with Crippen molar-refractivity contribution in [3.63, 3.8) is 0 Å². The number of benzene rings is 10. The monoisotopic (exact) mass is 844 g/mol. The van der Waals surface area contributed by atoms with Crippen LogP contribution in [0.5, 0.6) is 0 Å². The fraction of sp³-hybridized carbons (Fsp3) is 0. The maximum atomic E-state index is 2.41. The second kappa shape index (κ2) is 16.7. The van der Waals surface area contributed by atoms with Gasteiger partial charge >= 0.3 is 0 Å². The summed E-state index contributed by atoms with van der Waals surface area (Å²) in [5, 5.41) is 4.86. The number of aromatic nitrogens is 2. The maximum absolute atomic E-state index is 2.41. The average Bonchev–Trinajstić information content (AvgIpc) is 3.89. The largest absolute Gasteiger partial charge is 0.310 e. The predicted molar refractivity (Wildman–Crippen MR) is 280 cm³/mol. The van der Waals surface area contributed by atoms with Gasteiger partial charge in [0.1, 0.15) is 0 Å². The van der Waals surface area contributed by atoms with Crippen molar-refractivity contribution in [3.05, 3.63) is 266 Å². The van der Waals surface area contributed by atoms with Gasteiger partial charge in [-0.2, -0.15) is 0 Å². The van der Waals surface area contributed by atoms with Crippen LogP contribution in [0, 0.1) is 0 Å². The second-order valence-electron chi connectivity index (χ2n) is 16.6. The Morgan fingerprint density at radius 3 is 0.833 bits per heavy atom. The quantitative estimate of drug-likeness (QED) is 0.128. The summed E-state index contributed by atoms with van der Waals surface area (Å²) in [6.45, 7) is 0. The summed E-state index contributed by atoms with van der Waals surface area (Å²) < 4.78 is 4.82. The summed E-state index contributed by atoms with van der Waals surface area (Å²) in [6.07, 6.45) is 4.49. The summed E-state index contributed by atoms with van der Waals surface area (Å²) in [5.41, 5.74) is 15.8. The fourth-order valence-corrected chi connectivity index (χ4v) is 9.64. The van der Waals surface area contributed by atoms with E-state index < -0.39 is 0 Å². The summed E-state index contributed by atoms with van der Waals surface area (Å²) in [6, 6.07) is 91.3. The predicted octanol–water partition coefficient (Wildman–Crippen LogP) is 17.0. The zero-order chi connectivity index (χ0) is 43.8. The lowest BCUT2D eigenvalue weighted by atomic mass is 10.1. The van der Waals surface area contributed by atoms with Crippen LogP contribution >= 0.6 is 0 Å². The standard InChI is InChI=1S/C62H44N4/c1-7-19-47(20-8-1)63(48-21-9-2-10-22-48)53-35-39-57-55-37-33-45(41-59(55)65(61(57)43-53)51-27-15-5-16-28-51)31-32-46-34-38-56-58-40-36-54(44-62(58)66(60(56)42-46)52-29-17-6-18-30-52)64(49-23-11-3-12-24-49)50-25-13-4-14-26-50/h1-44H/b32-31+. The van der Waals surface area contributed by atoms with Gasteiger partial charge in [-0.15, -0.1) is 0 Å². The average molecular weight is 845 g/mol. The Labute approximate surface area is 384 Å². The molecule has 0 fully saturated rings. The van der Waals surface area contributed by atoms with E-state index >= 15 is 0 Å². The molecular formula is C62H44N4. The van der Waals surface area contributed by atoms with Gasteiger partial charge in [0.15, 0.2) is 0 Å². The van der Waals surface area contributed by atoms with Crippen LogP contribution in [0.4, 0.5) is 34.1 Å². The number of anilines is 6. The molecule has 10 aromatic carbocycles. The summed E-state index contributed by atoms with van der Waals surface area (Å²) in [7, 11) is 0. The van der Waals surface area contributed by atoms with Crippen LogP contribution < -0.4 is 9.80 Å². The van der Waals surface area contributed by atoms with Crippen molar-refractivity contribution in [1.29, 1.82) is 0 Å². The number of hydrogen-bond donors (Lipinski definition) is 0. The van der Waals surface area contributed by atoms with Gasteiger partial charge in [-0.25, -0.2) is 0 Å². The van der Waals surface area contributed by atoms with Crippen LogP contribution in [0.15, 0.2) is 255 Å². The Kier molecular flexibility index (Phi) is 9.81. The van der Waals surface area contributed by atoms with Crippen molar-refractivity contribution in [3.8, 4) is 11.4 Å². The molecule has 0 saturated carbocycles. The molecule has 0 radical (unpaired) electrons. The first-order chi connectivity index (χ1) is 32.7. The first-order valence-corrected chi connectivity index (χ1v) is 22.5. The van der Waals surface area contributed by atoms with Crippen LogP contribution in [0.25, 0.3) is 67.1 Å². The van der Waals surface area contributed by atoms with E-state index in [1.165, 1.54) is 21.5 Å². The Balaban J connectivity index is 0.970. The number of hydrogen-bond acceptors (Lipinski definition) is 2. The zero-order valence-corrected chi connectivity index (χ0v) is 36.2. The Morgan fingerprint density at radius 1 is 0.242 bits per heavy atom. The molecule has 312 valence electrons. The van der Waals surface area contributed by atoms with Gasteiger partial charge in [-0.1, -0.05) is 158 Å². The Hall–Kier alpha value is -8.86. The van der Waals surface area contributed by atoms with Crippen LogP contribution in [-0.2, 0) is 0 Å². The molecule has 0 aliphatic carbocycles. The molecule has 0 spiro atoms. The molecule has 0 atom stereocenters. The van der Waals surface area contributed by atoms with E-state index in [1.54, 1.807) is 0 Å². The normalized spacial score (nSPS) is 11.6. The van der Waals surface area contributed by atoms with Gasteiger partial charge < -0.3 is 18.9 Å². The van der Waals surface area contributed by atoms with E-state index in [2.05, 4.69) is 286 Å². The zero-order valence-electron chi connectivity index (χ0n) is 36.2. The lowest BCUT2D eigenvalue weighted by Crippen LogP contribution is -2.09. The van der Waals surface area contributed by atoms with Crippen molar-refractivity contribution in [2.45, 2.75) is 0 Å². The molecule has 2 aromatic heterocycles. The van der Waals surface area contributed by atoms with Gasteiger partial charge in [-0.3, -0.25) is 0 Å². The Morgan fingerprint density at radius 2 is 0.515 bits per heavy atom. The SMILES string of the molecule is C(=C\c1ccc2c3ccc(N(c4ccccc4)c4ccccc4)cc3n(-c3ccccc3)c2c1)/c1ccc2c3ccc(N(c4ccccc4)c4ccccc4)cc3n(-c3ccccc3)c2c1. The van der Waals surface area contributed by atoms with Crippen molar-refractivity contribution in [2.24, 2.45) is 0 Å². The third-order valence-corrected chi connectivity index (χ3v) is 12.6. The fourth-order valence-electron chi connectivity index (χ4n) is 9.64. The molecule has 2 heterocycles. The van der Waals surface area contributed by atoms with E-state index in [1.807, 2.05) is 0 Å². The highest BCUT2D eigenvalue weighted by Gasteiger charge is 2.20. The first-order valence-electron chi connectivity index (χ1n) is 22.5. The van der Waals surface area contributed by atoms with Gasteiger partial charge in [0.05, 0.1) is 22.1 Å². The highest BCUT2D eigenvalue weighted by Crippen LogP contribution is 2.42. The highest BCUT2D eigenvalue weighted by atomic mass is 15.2. The lowest BCUT2D eigenvalue weighted by molar-refractivity contribution is 1.18. The maximum Gasteiger partial charge on any atom is 0.0561 e. The lowest BCUT2D eigenvalue weighted by Gasteiger charge is -2.25. The summed E-state index contributed by atoms with van der Waals surface area (Å²) in [5.74, 6) is 0. The Bertz CT molecular complexity index is 3350. The molecular weight excluding hydrogens is 801 g/mol. The summed E-state index contributed by atoms with van der Waals surface area (Å²) in [4.78, 5) is 4.66. The molecule has 0 amide bonds. The molecule has 0 bridgehead atoms. The second-order valence-corrected chi connectivity index (χ2v) is 16.6. The topological polar surface area (TPSA) is 16.3 Å². The molecule has 12 rings (SSSR count). The van der Waals surface area contributed by atoms with E-state index in [0.29, 0.717) is 0 Å². The van der Waals surface area contributed by atoms with E-state index in [0.717, 1.165) is 78.7 Å². The molecule has 0 saturated heterocycles. The van der Waals surface area contributed by atoms with Gasteiger partial charge in [0.2, 0.25) is 0 Å². The molecule has 4 nitrogen and oxygen atoms in total. The number of nitrogens with zero attached hydrogens (tertiary/aromatic N) is 4. The summed E-state index contributed by atoms with van der Waals surface area (Å²) >= 11 is 0. The van der Waals surface area contributed by atoms with Crippen molar-refractivity contribution < 1.29 is 0 Å². The van der Waals surface area contributed by atoms with E-state index in [-0.39, 0.29) is 0 Å². The molecule has 0 aliphatic rings. The van der Waals surface area contributed by atoms with Crippen molar-refractivity contribution in [1.82, 2.24) is 9.13 Å². The van der Waals surface area contributed by atoms with E-state index in [4.69, 9.17) is 0 Å². The molecule has 0 aliphatic heterocycles. The third kappa shape index (κ3) is 6.98. The number of para-hydroxylation sites is 6. The van der Waals surface area contributed by atoms with Crippen LogP contribution in [0.3, 0.4) is 0 Å².